The second kappa shape index (κ2) is 7.90. The maximum absolute atomic E-state index is 13.1. The molecule has 0 aliphatic heterocycles. The summed E-state index contributed by atoms with van der Waals surface area (Å²) in [6, 6.07) is 5.82. The number of rotatable bonds is 7. The van der Waals surface area contributed by atoms with Crippen LogP contribution in [0.1, 0.15) is 39.2 Å². The van der Waals surface area contributed by atoms with Crippen LogP contribution in [0.3, 0.4) is 0 Å². The van der Waals surface area contributed by atoms with Gasteiger partial charge in [-0.15, -0.1) is 0 Å². The molecule has 0 saturated heterocycles. The monoisotopic (exact) mass is 315 g/mol. The first-order chi connectivity index (χ1) is 8.54. The van der Waals surface area contributed by atoms with Crippen molar-refractivity contribution in [3.8, 4) is 0 Å². The van der Waals surface area contributed by atoms with Gasteiger partial charge >= 0.3 is 0 Å². The van der Waals surface area contributed by atoms with Gasteiger partial charge in [-0.2, -0.15) is 0 Å². The summed E-state index contributed by atoms with van der Waals surface area (Å²) in [4.78, 5) is 0. The summed E-state index contributed by atoms with van der Waals surface area (Å²) in [6.45, 7) is 7.74. The zero-order valence-corrected chi connectivity index (χ0v) is 13.1. The van der Waals surface area contributed by atoms with E-state index in [2.05, 4.69) is 42.0 Å². The van der Waals surface area contributed by atoms with E-state index >= 15 is 0 Å². The van der Waals surface area contributed by atoms with Crippen LogP contribution in [0.2, 0.25) is 0 Å². The van der Waals surface area contributed by atoms with Gasteiger partial charge in [0.05, 0.1) is 4.47 Å². The van der Waals surface area contributed by atoms with Gasteiger partial charge in [0.15, 0.2) is 0 Å². The molecule has 0 spiro atoms. The molecular weight excluding hydrogens is 293 g/mol. The summed E-state index contributed by atoms with van der Waals surface area (Å²) in [5, 5.41) is 3.58. The lowest BCUT2D eigenvalue weighted by Crippen LogP contribution is -2.34. The average Bonchev–Trinajstić information content (AvgIpc) is 2.33. The van der Waals surface area contributed by atoms with Gasteiger partial charge in [0.1, 0.15) is 5.82 Å². The summed E-state index contributed by atoms with van der Waals surface area (Å²) in [5.41, 5.74) is 1.19. The van der Waals surface area contributed by atoms with E-state index in [1.54, 1.807) is 0 Å². The first-order valence-corrected chi connectivity index (χ1v) is 7.51. The molecule has 3 heteroatoms. The number of halogens is 2. The molecule has 0 aromatic heterocycles. The molecule has 102 valence electrons. The third kappa shape index (κ3) is 5.07. The number of aryl methyl sites for hydroxylation is 1. The Morgan fingerprint density at radius 3 is 2.61 bits per heavy atom. The van der Waals surface area contributed by atoms with E-state index in [1.165, 1.54) is 11.6 Å². The second-order valence-corrected chi connectivity index (χ2v) is 5.95. The zero-order valence-electron chi connectivity index (χ0n) is 11.5. The van der Waals surface area contributed by atoms with E-state index in [4.69, 9.17) is 0 Å². The van der Waals surface area contributed by atoms with Crippen LogP contribution in [0.15, 0.2) is 22.7 Å². The van der Waals surface area contributed by atoms with E-state index < -0.39 is 0 Å². The van der Waals surface area contributed by atoms with Crippen LogP contribution >= 0.6 is 15.9 Å². The van der Waals surface area contributed by atoms with Gasteiger partial charge in [-0.1, -0.05) is 26.8 Å². The molecule has 1 aromatic rings. The van der Waals surface area contributed by atoms with E-state index in [9.17, 15) is 4.39 Å². The Morgan fingerprint density at radius 2 is 2.06 bits per heavy atom. The summed E-state index contributed by atoms with van der Waals surface area (Å²) < 4.78 is 13.7. The molecule has 1 nitrogen and oxygen atoms in total. The molecule has 0 bridgehead atoms. The molecule has 1 rings (SSSR count). The molecule has 0 heterocycles. The summed E-state index contributed by atoms with van der Waals surface area (Å²) in [6.07, 6.45) is 3.24. The molecule has 0 fully saturated rings. The molecule has 0 aliphatic rings. The van der Waals surface area contributed by atoms with Gasteiger partial charge in [0.25, 0.3) is 0 Å². The van der Waals surface area contributed by atoms with Gasteiger partial charge in [0.2, 0.25) is 0 Å². The van der Waals surface area contributed by atoms with Gasteiger partial charge in [-0.25, -0.2) is 4.39 Å². The van der Waals surface area contributed by atoms with Crippen molar-refractivity contribution in [2.24, 2.45) is 5.92 Å². The molecule has 1 aromatic carbocycles. The third-order valence-corrected chi connectivity index (χ3v) is 3.80. The van der Waals surface area contributed by atoms with Crippen LogP contribution in [0.5, 0.6) is 0 Å². The number of nitrogens with one attached hydrogen (secondary N) is 1. The van der Waals surface area contributed by atoms with Crippen LogP contribution in [0.4, 0.5) is 4.39 Å². The largest absolute Gasteiger partial charge is 0.314 e. The predicted octanol–water partition coefficient (Wildman–Crippen LogP) is 4.55. The second-order valence-electron chi connectivity index (χ2n) is 5.09. The average molecular weight is 316 g/mol. The minimum atomic E-state index is -0.191. The fourth-order valence-corrected chi connectivity index (χ4v) is 2.44. The summed E-state index contributed by atoms with van der Waals surface area (Å²) in [7, 11) is 0. The summed E-state index contributed by atoms with van der Waals surface area (Å²) in [5.74, 6) is 0.434. The molecule has 0 amide bonds. The first kappa shape index (κ1) is 15.6. The van der Waals surface area contributed by atoms with Crippen molar-refractivity contribution < 1.29 is 4.39 Å². The Labute approximate surface area is 118 Å². The van der Waals surface area contributed by atoms with Crippen molar-refractivity contribution >= 4 is 15.9 Å². The SMILES string of the molecule is CCCNC(CCc1ccc(F)c(Br)c1)C(C)C. The highest BCUT2D eigenvalue weighted by Gasteiger charge is 2.12. The van der Waals surface area contributed by atoms with Crippen LogP contribution < -0.4 is 5.32 Å². The zero-order chi connectivity index (χ0) is 13.5. The number of hydrogen-bond donors (Lipinski definition) is 1. The van der Waals surface area contributed by atoms with E-state index in [0.29, 0.717) is 16.4 Å². The smallest absolute Gasteiger partial charge is 0.137 e. The van der Waals surface area contributed by atoms with E-state index in [0.717, 1.165) is 25.8 Å². The molecular formula is C15H23BrFN. The molecule has 0 saturated carbocycles. The molecule has 1 N–H and O–H groups in total. The fraction of sp³-hybridized carbons (Fsp3) is 0.600. The molecule has 0 aliphatic carbocycles. The Hall–Kier alpha value is -0.410. The van der Waals surface area contributed by atoms with E-state index in [1.807, 2.05) is 12.1 Å². The maximum Gasteiger partial charge on any atom is 0.137 e. The Bertz CT molecular complexity index is 366. The predicted molar refractivity (Wildman–Crippen MR) is 79.3 cm³/mol. The van der Waals surface area contributed by atoms with Crippen molar-refractivity contribution in [2.75, 3.05) is 6.54 Å². The highest BCUT2D eigenvalue weighted by atomic mass is 79.9. The standard InChI is InChI=1S/C15H23BrFN/c1-4-9-18-15(11(2)3)8-6-12-5-7-14(17)13(16)10-12/h5,7,10-11,15,18H,4,6,8-9H2,1-3H3. The van der Waals surface area contributed by atoms with Crippen molar-refractivity contribution in [3.05, 3.63) is 34.1 Å². The van der Waals surface area contributed by atoms with Crippen LogP contribution in [-0.2, 0) is 6.42 Å². The lowest BCUT2D eigenvalue weighted by atomic mass is 9.96. The molecule has 18 heavy (non-hydrogen) atoms. The van der Waals surface area contributed by atoms with Gasteiger partial charge in [-0.05, 0) is 65.4 Å². The Balaban J connectivity index is 2.52. The van der Waals surface area contributed by atoms with Gasteiger partial charge in [-0.3, -0.25) is 0 Å². The third-order valence-electron chi connectivity index (χ3n) is 3.19. The van der Waals surface area contributed by atoms with E-state index in [-0.39, 0.29) is 5.82 Å². The maximum atomic E-state index is 13.1. The summed E-state index contributed by atoms with van der Waals surface area (Å²) >= 11 is 3.23. The molecule has 1 atom stereocenters. The van der Waals surface area contributed by atoms with Crippen LogP contribution in [0, 0.1) is 11.7 Å². The van der Waals surface area contributed by atoms with Crippen molar-refractivity contribution in [3.63, 3.8) is 0 Å². The quantitative estimate of drug-likeness (QED) is 0.778. The number of benzene rings is 1. The minimum Gasteiger partial charge on any atom is -0.314 e. The first-order valence-electron chi connectivity index (χ1n) is 6.72. The molecule has 1 unspecified atom stereocenters. The Morgan fingerprint density at radius 1 is 1.33 bits per heavy atom. The Kier molecular flexibility index (Phi) is 6.87. The lowest BCUT2D eigenvalue weighted by Gasteiger charge is -2.22. The van der Waals surface area contributed by atoms with Crippen molar-refractivity contribution in [2.45, 2.75) is 46.1 Å². The lowest BCUT2D eigenvalue weighted by molar-refractivity contribution is 0.378. The highest BCUT2D eigenvalue weighted by Crippen LogP contribution is 2.19. The van der Waals surface area contributed by atoms with Crippen molar-refractivity contribution in [1.82, 2.24) is 5.32 Å². The normalized spacial score (nSPS) is 13.0. The molecule has 0 radical (unpaired) electrons. The van der Waals surface area contributed by atoms with Crippen LogP contribution in [-0.4, -0.2) is 12.6 Å². The fourth-order valence-electron chi connectivity index (χ4n) is 2.02. The van der Waals surface area contributed by atoms with Crippen LogP contribution in [0.25, 0.3) is 0 Å². The van der Waals surface area contributed by atoms with Gasteiger partial charge < -0.3 is 5.32 Å². The minimum absolute atomic E-state index is 0.191. The topological polar surface area (TPSA) is 12.0 Å². The van der Waals surface area contributed by atoms with Crippen molar-refractivity contribution in [1.29, 1.82) is 0 Å². The van der Waals surface area contributed by atoms with Gasteiger partial charge in [0, 0.05) is 6.04 Å². The highest BCUT2D eigenvalue weighted by molar-refractivity contribution is 9.10. The number of hydrogen-bond acceptors (Lipinski definition) is 1.